The van der Waals surface area contributed by atoms with Crippen LogP contribution in [-0.4, -0.2) is 39.5 Å². The fourth-order valence-electron chi connectivity index (χ4n) is 2.62. The zero-order valence-electron chi connectivity index (χ0n) is 12.1. The van der Waals surface area contributed by atoms with Gasteiger partial charge in [0.25, 0.3) is 0 Å². The molecule has 20 heavy (non-hydrogen) atoms. The summed E-state index contributed by atoms with van der Waals surface area (Å²) in [5.41, 5.74) is 1.51. The molecule has 1 aromatic carbocycles. The van der Waals surface area contributed by atoms with Gasteiger partial charge >= 0.3 is 0 Å². The molecule has 1 aliphatic heterocycles. The van der Waals surface area contributed by atoms with Crippen molar-refractivity contribution in [3.05, 3.63) is 23.8 Å². The van der Waals surface area contributed by atoms with Crippen molar-refractivity contribution in [2.75, 3.05) is 25.5 Å². The summed E-state index contributed by atoms with van der Waals surface area (Å²) in [7, 11) is -1.53. The predicted octanol–water partition coefficient (Wildman–Crippen LogP) is 1.54. The fourth-order valence-corrected chi connectivity index (χ4v) is 3.42. The Morgan fingerprint density at radius 2 is 2.05 bits per heavy atom. The second-order valence-electron chi connectivity index (χ2n) is 5.60. The van der Waals surface area contributed by atoms with Gasteiger partial charge in [-0.1, -0.05) is 6.07 Å². The highest BCUT2D eigenvalue weighted by Gasteiger charge is 2.16. The molecule has 1 fully saturated rings. The Balaban J connectivity index is 2.14. The van der Waals surface area contributed by atoms with Crippen LogP contribution in [0.1, 0.15) is 24.8 Å². The maximum Gasteiger partial charge on any atom is 0.238 e. The molecule has 0 radical (unpaired) electrons. The Labute approximate surface area is 121 Å². The first-order chi connectivity index (χ1) is 9.36. The molecule has 112 valence electrons. The minimum absolute atomic E-state index is 0.202. The number of nitrogens with zero attached hydrogens (tertiary/aromatic N) is 1. The molecule has 2 rings (SSSR count). The first-order valence-electron chi connectivity index (χ1n) is 6.95. The Bertz CT molecular complexity index is 572. The summed E-state index contributed by atoms with van der Waals surface area (Å²) < 4.78 is 23.1. The van der Waals surface area contributed by atoms with Crippen LogP contribution in [0.25, 0.3) is 0 Å². The molecule has 3 N–H and O–H groups in total. The van der Waals surface area contributed by atoms with Crippen molar-refractivity contribution in [3.8, 4) is 0 Å². The van der Waals surface area contributed by atoms with Gasteiger partial charge in [0.15, 0.2) is 0 Å². The van der Waals surface area contributed by atoms with E-state index in [1.165, 1.54) is 0 Å². The van der Waals surface area contributed by atoms with Gasteiger partial charge in [-0.2, -0.15) is 0 Å². The number of aryl methyl sites for hydroxylation is 1. The van der Waals surface area contributed by atoms with Crippen molar-refractivity contribution in [1.29, 1.82) is 0 Å². The molecular weight excluding hydrogens is 274 g/mol. The lowest BCUT2D eigenvalue weighted by Crippen LogP contribution is -2.23. The number of nitrogens with two attached hydrogens (primary N) is 1. The molecule has 5 nitrogen and oxygen atoms in total. The molecule has 0 aromatic heterocycles. The van der Waals surface area contributed by atoms with Crippen LogP contribution in [0.15, 0.2) is 23.1 Å². The number of sulfonamides is 1. The second kappa shape index (κ2) is 6.11. The van der Waals surface area contributed by atoms with E-state index in [2.05, 4.69) is 17.3 Å². The van der Waals surface area contributed by atoms with E-state index < -0.39 is 10.0 Å². The molecule has 1 aliphatic rings. The molecule has 1 aromatic rings. The smallest absolute Gasteiger partial charge is 0.238 e. The summed E-state index contributed by atoms with van der Waals surface area (Å²) in [5.74, 6) is 0. The SMILES string of the molecule is Cc1ccc(NC2CCCN(C)CC2)cc1S(N)(=O)=O. The first-order valence-corrected chi connectivity index (χ1v) is 8.49. The number of hydrogen-bond acceptors (Lipinski definition) is 4. The Morgan fingerprint density at radius 3 is 2.75 bits per heavy atom. The van der Waals surface area contributed by atoms with E-state index in [1.54, 1.807) is 19.1 Å². The molecule has 0 saturated carbocycles. The highest BCUT2D eigenvalue weighted by Crippen LogP contribution is 2.21. The second-order valence-corrected chi connectivity index (χ2v) is 7.13. The molecule has 0 bridgehead atoms. The molecule has 1 heterocycles. The van der Waals surface area contributed by atoms with Crippen LogP contribution in [0.2, 0.25) is 0 Å². The minimum atomic E-state index is -3.66. The summed E-state index contributed by atoms with van der Waals surface area (Å²) in [6, 6.07) is 5.74. The van der Waals surface area contributed by atoms with Crippen molar-refractivity contribution in [3.63, 3.8) is 0 Å². The number of primary sulfonamides is 1. The molecule has 6 heteroatoms. The van der Waals surface area contributed by atoms with E-state index >= 15 is 0 Å². The Kier molecular flexibility index (Phi) is 4.67. The van der Waals surface area contributed by atoms with Gasteiger partial charge in [0.1, 0.15) is 0 Å². The number of nitrogens with one attached hydrogen (secondary N) is 1. The van der Waals surface area contributed by atoms with E-state index in [9.17, 15) is 8.42 Å². The number of anilines is 1. The average molecular weight is 297 g/mol. The third-order valence-electron chi connectivity index (χ3n) is 3.82. The molecule has 1 unspecified atom stereocenters. The zero-order valence-corrected chi connectivity index (χ0v) is 12.9. The molecule has 1 atom stereocenters. The van der Waals surface area contributed by atoms with Gasteiger partial charge in [0.2, 0.25) is 10.0 Å². The van der Waals surface area contributed by atoms with Gasteiger partial charge in [-0.25, -0.2) is 13.6 Å². The van der Waals surface area contributed by atoms with Crippen LogP contribution in [0.5, 0.6) is 0 Å². The van der Waals surface area contributed by atoms with E-state index in [4.69, 9.17) is 5.14 Å². The van der Waals surface area contributed by atoms with Crippen LogP contribution in [0.4, 0.5) is 5.69 Å². The lowest BCUT2D eigenvalue weighted by Gasteiger charge is -2.19. The van der Waals surface area contributed by atoms with Gasteiger partial charge < -0.3 is 10.2 Å². The fraction of sp³-hybridized carbons (Fsp3) is 0.571. The average Bonchev–Trinajstić information content (AvgIpc) is 2.55. The highest BCUT2D eigenvalue weighted by atomic mass is 32.2. The summed E-state index contributed by atoms with van der Waals surface area (Å²) in [5, 5.41) is 8.68. The number of hydrogen-bond donors (Lipinski definition) is 2. The zero-order chi connectivity index (χ0) is 14.8. The molecule has 1 saturated heterocycles. The number of likely N-dealkylation sites (tertiary alicyclic amines) is 1. The lowest BCUT2D eigenvalue weighted by atomic mass is 10.1. The van der Waals surface area contributed by atoms with Gasteiger partial charge in [0.05, 0.1) is 4.90 Å². The third-order valence-corrected chi connectivity index (χ3v) is 4.87. The van der Waals surface area contributed by atoms with Gasteiger partial charge in [-0.05, 0) is 64.0 Å². The lowest BCUT2D eigenvalue weighted by molar-refractivity contribution is 0.348. The van der Waals surface area contributed by atoms with Crippen LogP contribution in [0, 0.1) is 6.92 Å². The monoisotopic (exact) mass is 297 g/mol. The standard InChI is InChI=1S/C14H23N3O2S/c1-11-5-6-13(10-14(11)20(15,18)19)16-12-4-3-8-17(2)9-7-12/h5-6,10,12,16H,3-4,7-9H2,1-2H3,(H2,15,18,19). The van der Waals surface area contributed by atoms with E-state index in [0.717, 1.165) is 38.0 Å². The van der Waals surface area contributed by atoms with Crippen LogP contribution in [-0.2, 0) is 10.0 Å². The number of benzene rings is 1. The van der Waals surface area contributed by atoms with Gasteiger partial charge in [0, 0.05) is 11.7 Å². The molecule has 0 spiro atoms. The molecular formula is C14H23N3O2S. The van der Waals surface area contributed by atoms with E-state index in [1.807, 2.05) is 6.07 Å². The van der Waals surface area contributed by atoms with Crippen molar-refractivity contribution in [1.82, 2.24) is 4.90 Å². The Hall–Kier alpha value is -1.11. The minimum Gasteiger partial charge on any atom is -0.382 e. The van der Waals surface area contributed by atoms with Gasteiger partial charge in [-0.3, -0.25) is 0 Å². The summed E-state index contributed by atoms with van der Waals surface area (Å²) in [6.07, 6.45) is 3.32. The van der Waals surface area contributed by atoms with Crippen LogP contribution < -0.4 is 10.5 Å². The normalized spacial score (nSPS) is 21.4. The summed E-state index contributed by atoms with van der Waals surface area (Å²) in [6.45, 7) is 3.93. The largest absolute Gasteiger partial charge is 0.382 e. The summed E-state index contributed by atoms with van der Waals surface area (Å²) in [4.78, 5) is 2.53. The molecule has 0 aliphatic carbocycles. The van der Waals surface area contributed by atoms with Crippen LogP contribution >= 0.6 is 0 Å². The van der Waals surface area contributed by atoms with Crippen molar-refractivity contribution in [2.24, 2.45) is 5.14 Å². The van der Waals surface area contributed by atoms with Crippen molar-refractivity contribution < 1.29 is 8.42 Å². The third kappa shape index (κ3) is 3.94. The van der Waals surface area contributed by atoms with Crippen molar-refractivity contribution >= 4 is 15.7 Å². The summed E-state index contributed by atoms with van der Waals surface area (Å²) >= 11 is 0. The Morgan fingerprint density at radius 1 is 1.30 bits per heavy atom. The van der Waals surface area contributed by atoms with Gasteiger partial charge in [-0.15, -0.1) is 0 Å². The van der Waals surface area contributed by atoms with Crippen molar-refractivity contribution in [2.45, 2.75) is 37.1 Å². The molecule has 0 amide bonds. The predicted molar refractivity (Wildman–Crippen MR) is 81.3 cm³/mol. The maximum absolute atomic E-state index is 11.5. The van der Waals surface area contributed by atoms with E-state index in [0.29, 0.717) is 11.6 Å². The van der Waals surface area contributed by atoms with Crippen LogP contribution in [0.3, 0.4) is 0 Å². The topological polar surface area (TPSA) is 75.4 Å². The maximum atomic E-state index is 11.5. The number of rotatable bonds is 3. The highest BCUT2D eigenvalue weighted by molar-refractivity contribution is 7.89. The van der Waals surface area contributed by atoms with E-state index in [-0.39, 0.29) is 4.90 Å². The first kappa shape index (κ1) is 15.3. The quantitative estimate of drug-likeness (QED) is 0.887.